The normalized spacial score (nSPS) is 11.5. The Hall–Kier alpha value is -3.01. The second-order valence-corrected chi connectivity index (χ2v) is 5.31. The number of aromatic nitrogens is 4. The van der Waals surface area contributed by atoms with Crippen molar-refractivity contribution in [3.8, 4) is 17.1 Å². The van der Waals surface area contributed by atoms with Gasteiger partial charge in [-0.25, -0.2) is 0 Å². The van der Waals surface area contributed by atoms with Crippen LogP contribution in [0.3, 0.4) is 0 Å². The summed E-state index contributed by atoms with van der Waals surface area (Å²) in [6, 6.07) is 8.56. The molecule has 0 saturated heterocycles. The summed E-state index contributed by atoms with van der Waals surface area (Å²) in [5.74, 6) is 0.122. The van der Waals surface area contributed by atoms with E-state index in [1.165, 1.54) is 0 Å². The molecule has 11 heteroatoms. The van der Waals surface area contributed by atoms with Gasteiger partial charge in [0.1, 0.15) is 0 Å². The fraction of sp³-hybridized carbons (Fsp3) is 0.0714. The highest BCUT2D eigenvalue weighted by molar-refractivity contribution is 6.30. The number of alkyl halides is 3. The molecule has 0 amide bonds. The van der Waals surface area contributed by atoms with Gasteiger partial charge in [-0.05, 0) is 29.5 Å². The Morgan fingerprint density at radius 1 is 1.16 bits per heavy atom. The summed E-state index contributed by atoms with van der Waals surface area (Å²) in [6.45, 7) is 0. The molecule has 0 N–H and O–H groups in total. The molecule has 1 heterocycles. The van der Waals surface area contributed by atoms with Crippen molar-refractivity contribution in [3.63, 3.8) is 0 Å². The molecule has 128 valence electrons. The third kappa shape index (κ3) is 3.43. The molecule has 0 aliphatic heterocycles. The largest absolute Gasteiger partial charge is 0.416 e. The van der Waals surface area contributed by atoms with Crippen LogP contribution in [0.25, 0.3) is 17.1 Å². The number of nitrogens with zero attached hydrogens (tertiary/aromatic N) is 5. The molecule has 7 nitrogen and oxygen atoms in total. The number of benzene rings is 2. The molecule has 25 heavy (non-hydrogen) atoms. The van der Waals surface area contributed by atoms with Gasteiger partial charge in [0.2, 0.25) is 5.82 Å². The van der Waals surface area contributed by atoms with Crippen molar-refractivity contribution in [1.29, 1.82) is 0 Å². The van der Waals surface area contributed by atoms with Crippen LogP contribution in [0.1, 0.15) is 5.56 Å². The van der Waals surface area contributed by atoms with E-state index in [9.17, 15) is 23.3 Å². The Kier molecular flexibility index (Phi) is 4.13. The van der Waals surface area contributed by atoms with Gasteiger partial charge < -0.3 is 0 Å². The van der Waals surface area contributed by atoms with E-state index < -0.39 is 22.4 Å². The van der Waals surface area contributed by atoms with Gasteiger partial charge in [-0.15, -0.1) is 15.0 Å². The number of rotatable bonds is 3. The highest BCUT2D eigenvalue weighted by Crippen LogP contribution is 2.34. The topological polar surface area (TPSA) is 86.7 Å². The van der Waals surface area contributed by atoms with Gasteiger partial charge in [0, 0.05) is 16.7 Å². The molecule has 3 rings (SSSR count). The van der Waals surface area contributed by atoms with Crippen LogP contribution in [-0.4, -0.2) is 25.1 Å². The Balaban J connectivity index is 2.07. The predicted molar refractivity (Wildman–Crippen MR) is 81.3 cm³/mol. The lowest BCUT2D eigenvalue weighted by molar-refractivity contribution is -0.384. The predicted octanol–water partition coefficient (Wildman–Crippen LogP) is 3.91. The highest BCUT2D eigenvalue weighted by Gasteiger charge is 2.33. The van der Waals surface area contributed by atoms with Crippen LogP contribution >= 0.6 is 11.6 Å². The molecule has 0 atom stereocenters. The molecule has 2 aromatic carbocycles. The quantitative estimate of drug-likeness (QED) is 0.516. The lowest BCUT2D eigenvalue weighted by Gasteiger charge is -2.07. The van der Waals surface area contributed by atoms with Crippen LogP contribution in [0.2, 0.25) is 5.02 Å². The minimum absolute atomic E-state index is 0.122. The van der Waals surface area contributed by atoms with E-state index in [0.717, 1.165) is 10.9 Å². The zero-order valence-electron chi connectivity index (χ0n) is 12.1. The average Bonchev–Trinajstić information content (AvgIpc) is 3.03. The summed E-state index contributed by atoms with van der Waals surface area (Å²) < 4.78 is 38.2. The van der Waals surface area contributed by atoms with Crippen molar-refractivity contribution >= 4 is 17.3 Å². The van der Waals surface area contributed by atoms with Crippen molar-refractivity contribution in [1.82, 2.24) is 20.2 Å². The van der Waals surface area contributed by atoms with Crippen LogP contribution in [0, 0.1) is 10.1 Å². The van der Waals surface area contributed by atoms with Crippen LogP contribution in [0.4, 0.5) is 18.9 Å². The summed E-state index contributed by atoms with van der Waals surface area (Å²) in [5.41, 5.74) is -1.66. The second kappa shape index (κ2) is 6.13. The summed E-state index contributed by atoms with van der Waals surface area (Å²) in [5, 5.41) is 23.0. The lowest BCUT2D eigenvalue weighted by Crippen LogP contribution is -2.09. The van der Waals surface area contributed by atoms with E-state index in [0.29, 0.717) is 22.7 Å². The molecular formula is C14H7ClF3N5O2. The monoisotopic (exact) mass is 369 g/mol. The Bertz CT molecular complexity index is 958. The first-order valence-electron chi connectivity index (χ1n) is 6.67. The number of nitro benzene ring substituents is 1. The van der Waals surface area contributed by atoms with Gasteiger partial charge in [0.25, 0.3) is 5.69 Å². The SMILES string of the molecule is O=[N+]([O-])c1cc(C(F)(F)F)ccc1-n1nnc(-c2cccc(Cl)c2)n1. The summed E-state index contributed by atoms with van der Waals surface area (Å²) in [4.78, 5) is 11.0. The van der Waals surface area contributed by atoms with Crippen molar-refractivity contribution in [3.05, 3.63) is 63.2 Å². The van der Waals surface area contributed by atoms with Crippen molar-refractivity contribution in [2.75, 3.05) is 0 Å². The van der Waals surface area contributed by atoms with Gasteiger partial charge in [0.15, 0.2) is 5.69 Å². The van der Waals surface area contributed by atoms with Crippen LogP contribution in [0.15, 0.2) is 42.5 Å². The highest BCUT2D eigenvalue weighted by atomic mass is 35.5. The van der Waals surface area contributed by atoms with E-state index in [-0.39, 0.29) is 11.5 Å². The van der Waals surface area contributed by atoms with Crippen molar-refractivity contribution < 1.29 is 18.1 Å². The van der Waals surface area contributed by atoms with Crippen molar-refractivity contribution in [2.24, 2.45) is 0 Å². The molecule has 0 fully saturated rings. The van der Waals surface area contributed by atoms with Gasteiger partial charge in [-0.1, -0.05) is 23.7 Å². The number of halogens is 4. The van der Waals surface area contributed by atoms with E-state index in [2.05, 4.69) is 15.4 Å². The molecule has 0 saturated carbocycles. The third-order valence-corrected chi connectivity index (χ3v) is 3.45. The number of tetrazole rings is 1. The van der Waals surface area contributed by atoms with E-state index >= 15 is 0 Å². The van der Waals surface area contributed by atoms with Gasteiger partial charge in [-0.3, -0.25) is 10.1 Å². The minimum Gasteiger partial charge on any atom is -0.258 e. The Morgan fingerprint density at radius 3 is 2.56 bits per heavy atom. The number of hydrogen-bond acceptors (Lipinski definition) is 5. The maximum absolute atomic E-state index is 12.7. The van der Waals surface area contributed by atoms with E-state index in [1.807, 2.05) is 0 Å². The molecule has 0 unspecified atom stereocenters. The third-order valence-electron chi connectivity index (χ3n) is 3.21. The fourth-order valence-electron chi connectivity index (χ4n) is 2.07. The fourth-order valence-corrected chi connectivity index (χ4v) is 2.26. The zero-order valence-corrected chi connectivity index (χ0v) is 12.9. The molecular weight excluding hydrogens is 363 g/mol. The second-order valence-electron chi connectivity index (χ2n) is 4.87. The first kappa shape index (κ1) is 16.8. The first-order valence-corrected chi connectivity index (χ1v) is 7.05. The molecule has 0 spiro atoms. The number of hydrogen-bond donors (Lipinski definition) is 0. The standard InChI is InChI=1S/C14H7ClF3N5O2/c15-10-3-1-2-8(6-10)13-19-21-22(20-13)11-5-4-9(14(16,17)18)7-12(11)23(24)25/h1-7H. The van der Waals surface area contributed by atoms with Gasteiger partial charge in [0.05, 0.1) is 10.5 Å². The van der Waals surface area contributed by atoms with Crippen molar-refractivity contribution in [2.45, 2.75) is 6.18 Å². The maximum Gasteiger partial charge on any atom is 0.416 e. The lowest BCUT2D eigenvalue weighted by atomic mass is 10.1. The Morgan fingerprint density at radius 2 is 1.92 bits per heavy atom. The molecule has 0 radical (unpaired) electrons. The molecule has 3 aromatic rings. The summed E-state index contributed by atoms with van der Waals surface area (Å²) in [7, 11) is 0. The molecule has 0 bridgehead atoms. The van der Waals surface area contributed by atoms with Crippen LogP contribution < -0.4 is 0 Å². The maximum atomic E-state index is 12.7. The molecule has 0 aliphatic rings. The summed E-state index contributed by atoms with van der Waals surface area (Å²) >= 11 is 5.87. The van der Waals surface area contributed by atoms with Crippen LogP contribution in [0.5, 0.6) is 0 Å². The van der Waals surface area contributed by atoms with E-state index in [1.54, 1.807) is 24.3 Å². The van der Waals surface area contributed by atoms with Gasteiger partial charge in [-0.2, -0.15) is 13.2 Å². The van der Waals surface area contributed by atoms with Gasteiger partial charge >= 0.3 is 6.18 Å². The van der Waals surface area contributed by atoms with E-state index in [4.69, 9.17) is 11.6 Å². The average molecular weight is 370 g/mol. The first-order chi connectivity index (χ1) is 11.8. The number of nitro groups is 1. The van der Waals surface area contributed by atoms with Crippen LogP contribution in [-0.2, 0) is 6.18 Å². The smallest absolute Gasteiger partial charge is 0.258 e. The zero-order chi connectivity index (χ0) is 18.2. The summed E-state index contributed by atoms with van der Waals surface area (Å²) in [6.07, 6.45) is -4.70. The molecule has 0 aliphatic carbocycles. The molecule has 1 aromatic heterocycles. The minimum atomic E-state index is -4.70. The Labute approximate surface area is 142 Å².